The van der Waals surface area contributed by atoms with Crippen molar-refractivity contribution in [2.75, 3.05) is 19.0 Å². The zero-order chi connectivity index (χ0) is 13.1. The van der Waals surface area contributed by atoms with Gasteiger partial charge in [0.25, 0.3) is 0 Å². The van der Waals surface area contributed by atoms with Gasteiger partial charge in [-0.3, -0.25) is 0 Å². The highest BCUT2D eigenvalue weighted by Gasteiger charge is 2.41. The van der Waals surface area contributed by atoms with Crippen LogP contribution >= 0.6 is 12.6 Å². The van der Waals surface area contributed by atoms with E-state index >= 15 is 0 Å². The normalized spacial score (nSPS) is 13.9. The number of hydrogen-bond acceptors (Lipinski definition) is 4. The van der Waals surface area contributed by atoms with Crippen molar-refractivity contribution in [2.45, 2.75) is 59.1 Å². The van der Waals surface area contributed by atoms with E-state index in [4.69, 9.17) is 13.3 Å². The maximum atomic E-state index is 6.12. The number of thiol groups is 1. The highest BCUT2D eigenvalue weighted by Crippen LogP contribution is 2.21. The van der Waals surface area contributed by atoms with Crippen LogP contribution in [0.2, 0.25) is 6.04 Å². The highest BCUT2D eigenvalue weighted by molar-refractivity contribution is 7.80. The molecular weight excluding hydrogens is 252 g/mol. The third kappa shape index (κ3) is 7.46. The third-order valence-electron chi connectivity index (χ3n) is 2.43. The van der Waals surface area contributed by atoms with Crippen molar-refractivity contribution in [2.24, 2.45) is 0 Å². The van der Waals surface area contributed by atoms with Crippen molar-refractivity contribution < 1.29 is 13.3 Å². The van der Waals surface area contributed by atoms with Crippen LogP contribution in [0.1, 0.15) is 47.0 Å². The minimum atomic E-state index is -2.43. The lowest BCUT2D eigenvalue weighted by molar-refractivity contribution is 0.0354. The summed E-state index contributed by atoms with van der Waals surface area (Å²) in [5, 5.41) is 0. The summed E-state index contributed by atoms with van der Waals surface area (Å²) in [6.07, 6.45) is 3.31. The molecule has 0 rings (SSSR count). The molecule has 0 fully saturated rings. The Kier molecular flexibility index (Phi) is 10.6. The first-order chi connectivity index (χ1) is 8.14. The molecular formula is C12H28O3SSi. The predicted molar refractivity (Wildman–Crippen MR) is 77.7 cm³/mol. The van der Waals surface area contributed by atoms with E-state index < -0.39 is 8.80 Å². The van der Waals surface area contributed by atoms with Gasteiger partial charge in [-0.1, -0.05) is 13.3 Å². The zero-order valence-electron chi connectivity index (χ0n) is 11.7. The van der Waals surface area contributed by atoms with E-state index in [9.17, 15) is 0 Å². The molecule has 0 spiro atoms. The molecule has 0 heterocycles. The SMILES string of the molecule is CCC[Si](OCC)(OCC)OC(C)CCCS. The van der Waals surface area contributed by atoms with Crippen LogP contribution in [0.5, 0.6) is 0 Å². The molecule has 0 saturated heterocycles. The van der Waals surface area contributed by atoms with Gasteiger partial charge in [-0.15, -0.1) is 0 Å². The van der Waals surface area contributed by atoms with Gasteiger partial charge in [0.2, 0.25) is 0 Å². The Morgan fingerprint density at radius 3 is 2.12 bits per heavy atom. The topological polar surface area (TPSA) is 27.7 Å². The molecule has 1 atom stereocenters. The summed E-state index contributed by atoms with van der Waals surface area (Å²) < 4.78 is 17.8. The van der Waals surface area contributed by atoms with Crippen LogP contribution < -0.4 is 0 Å². The Morgan fingerprint density at radius 2 is 1.71 bits per heavy atom. The predicted octanol–water partition coefficient (Wildman–Crippen LogP) is 3.52. The lowest BCUT2D eigenvalue weighted by atomic mass is 10.2. The highest BCUT2D eigenvalue weighted by atomic mass is 32.1. The Balaban J connectivity index is 4.40. The minimum Gasteiger partial charge on any atom is -0.374 e. The lowest BCUT2D eigenvalue weighted by Gasteiger charge is -2.31. The van der Waals surface area contributed by atoms with Crippen molar-refractivity contribution in [3.8, 4) is 0 Å². The van der Waals surface area contributed by atoms with Gasteiger partial charge >= 0.3 is 8.80 Å². The maximum absolute atomic E-state index is 6.12. The summed E-state index contributed by atoms with van der Waals surface area (Å²) in [5.41, 5.74) is 0. The Morgan fingerprint density at radius 1 is 1.12 bits per heavy atom. The van der Waals surface area contributed by atoms with E-state index in [2.05, 4.69) is 26.5 Å². The number of rotatable bonds is 11. The molecule has 17 heavy (non-hydrogen) atoms. The Hall–Kier alpha value is 0.447. The molecule has 1 unspecified atom stereocenters. The zero-order valence-corrected chi connectivity index (χ0v) is 13.6. The fourth-order valence-electron chi connectivity index (χ4n) is 1.80. The van der Waals surface area contributed by atoms with E-state index in [0.717, 1.165) is 31.1 Å². The smallest absolute Gasteiger partial charge is 0.374 e. The fraction of sp³-hybridized carbons (Fsp3) is 1.00. The maximum Gasteiger partial charge on any atom is 0.501 e. The van der Waals surface area contributed by atoms with Crippen LogP contribution in [0.25, 0.3) is 0 Å². The summed E-state index contributed by atoms with van der Waals surface area (Å²) in [4.78, 5) is 0. The van der Waals surface area contributed by atoms with Gasteiger partial charge in [0.05, 0.1) is 0 Å². The van der Waals surface area contributed by atoms with Crippen LogP contribution in [-0.4, -0.2) is 33.9 Å². The fourth-order valence-corrected chi connectivity index (χ4v) is 4.83. The monoisotopic (exact) mass is 280 g/mol. The minimum absolute atomic E-state index is 0.193. The summed E-state index contributed by atoms with van der Waals surface area (Å²) in [7, 11) is -2.43. The first kappa shape index (κ1) is 17.4. The van der Waals surface area contributed by atoms with E-state index in [-0.39, 0.29) is 6.10 Å². The van der Waals surface area contributed by atoms with Gasteiger partial charge in [-0.25, -0.2) is 0 Å². The third-order valence-corrected chi connectivity index (χ3v) is 6.08. The van der Waals surface area contributed by atoms with Crippen molar-refractivity contribution >= 4 is 21.4 Å². The second-order valence-corrected chi connectivity index (χ2v) is 7.22. The van der Waals surface area contributed by atoms with Crippen molar-refractivity contribution in [1.29, 1.82) is 0 Å². The quantitative estimate of drug-likeness (QED) is 0.463. The van der Waals surface area contributed by atoms with Crippen LogP contribution in [-0.2, 0) is 13.3 Å². The van der Waals surface area contributed by atoms with Gasteiger partial charge in [-0.2, -0.15) is 12.6 Å². The van der Waals surface area contributed by atoms with E-state index in [0.29, 0.717) is 13.2 Å². The number of hydrogen-bond donors (Lipinski definition) is 1. The van der Waals surface area contributed by atoms with Gasteiger partial charge in [0.15, 0.2) is 0 Å². The molecule has 0 aromatic carbocycles. The van der Waals surface area contributed by atoms with Gasteiger partial charge in [0.1, 0.15) is 0 Å². The molecule has 104 valence electrons. The first-order valence-electron chi connectivity index (χ1n) is 6.70. The Bertz CT molecular complexity index is 164. The molecule has 0 aliphatic heterocycles. The standard InChI is InChI=1S/C12H28O3SSi/c1-5-11-17(13-6-2,14-7-3)15-12(4)9-8-10-16/h12,16H,5-11H2,1-4H3. The van der Waals surface area contributed by atoms with Crippen molar-refractivity contribution in [3.63, 3.8) is 0 Å². The lowest BCUT2D eigenvalue weighted by Crippen LogP contribution is -2.48. The molecule has 3 nitrogen and oxygen atoms in total. The molecule has 0 bridgehead atoms. The van der Waals surface area contributed by atoms with E-state index in [1.54, 1.807) is 0 Å². The summed E-state index contributed by atoms with van der Waals surface area (Å²) >= 11 is 4.22. The van der Waals surface area contributed by atoms with Crippen LogP contribution in [0, 0.1) is 0 Å². The molecule has 0 radical (unpaired) electrons. The van der Waals surface area contributed by atoms with Gasteiger partial charge in [0, 0.05) is 25.4 Å². The van der Waals surface area contributed by atoms with Crippen LogP contribution in [0.4, 0.5) is 0 Å². The second kappa shape index (κ2) is 10.4. The molecule has 0 N–H and O–H groups in total. The van der Waals surface area contributed by atoms with Gasteiger partial charge < -0.3 is 13.3 Å². The van der Waals surface area contributed by atoms with E-state index in [1.165, 1.54) is 0 Å². The van der Waals surface area contributed by atoms with Crippen molar-refractivity contribution in [3.05, 3.63) is 0 Å². The summed E-state index contributed by atoms with van der Waals surface area (Å²) in [5.74, 6) is 0.902. The average molecular weight is 281 g/mol. The Labute approximate surface area is 113 Å². The van der Waals surface area contributed by atoms with Crippen LogP contribution in [0.3, 0.4) is 0 Å². The van der Waals surface area contributed by atoms with E-state index in [1.807, 2.05) is 13.8 Å². The molecule has 0 aliphatic rings. The molecule has 5 heteroatoms. The van der Waals surface area contributed by atoms with Crippen molar-refractivity contribution in [1.82, 2.24) is 0 Å². The summed E-state index contributed by atoms with van der Waals surface area (Å²) in [6, 6.07) is 0.903. The average Bonchev–Trinajstić information content (AvgIpc) is 2.27. The molecule has 0 saturated carbocycles. The molecule has 0 amide bonds. The van der Waals surface area contributed by atoms with Crippen LogP contribution in [0.15, 0.2) is 0 Å². The van der Waals surface area contributed by atoms with Gasteiger partial charge in [-0.05, 0) is 39.4 Å². The molecule has 0 aromatic heterocycles. The summed E-state index contributed by atoms with van der Waals surface area (Å²) in [6.45, 7) is 9.55. The largest absolute Gasteiger partial charge is 0.501 e. The second-order valence-electron chi connectivity index (χ2n) is 4.09. The molecule has 0 aliphatic carbocycles. The first-order valence-corrected chi connectivity index (χ1v) is 9.27. The molecule has 0 aromatic rings.